The summed E-state index contributed by atoms with van der Waals surface area (Å²) in [7, 11) is 0. The van der Waals surface area contributed by atoms with Crippen molar-refractivity contribution >= 4 is 11.9 Å². The van der Waals surface area contributed by atoms with Gasteiger partial charge in [-0.3, -0.25) is 4.99 Å². The summed E-state index contributed by atoms with van der Waals surface area (Å²) in [5.74, 6) is 0.418. The molecule has 0 spiro atoms. The van der Waals surface area contributed by atoms with E-state index in [9.17, 15) is 0 Å². The molecule has 0 radical (unpaired) electrons. The maximum atomic E-state index is 4.55. The number of rotatable bonds is 4. The molecule has 2 aromatic carbocycles. The zero-order chi connectivity index (χ0) is 15.4. The van der Waals surface area contributed by atoms with Crippen LogP contribution >= 0.6 is 0 Å². The van der Waals surface area contributed by atoms with E-state index in [-0.39, 0.29) is 0 Å². The molecule has 0 N–H and O–H groups in total. The molecule has 3 rings (SSSR count). The van der Waals surface area contributed by atoms with Crippen molar-refractivity contribution in [3.05, 3.63) is 89.0 Å². The second kappa shape index (κ2) is 6.57. The molecule has 1 aliphatic carbocycles. The number of aliphatic imine (C=N–C) groups is 1. The van der Waals surface area contributed by atoms with Crippen LogP contribution in [0.1, 0.15) is 30.9 Å². The summed E-state index contributed by atoms with van der Waals surface area (Å²) in [6, 6.07) is 18.8. The Hall–Kier alpha value is -2.41. The van der Waals surface area contributed by atoms with Crippen LogP contribution in [-0.4, -0.2) is 6.21 Å². The van der Waals surface area contributed by atoms with E-state index in [1.165, 1.54) is 22.3 Å². The first-order chi connectivity index (χ1) is 10.7. The minimum atomic E-state index is 0.418. The van der Waals surface area contributed by atoms with Crippen molar-refractivity contribution in [3.8, 4) is 0 Å². The normalized spacial score (nSPS) is 17.6. The van der Waals surface area contributed by atoms with Crippen molar-refractivity contribution in [2.45, 2.75) is 26.2 Å². The zero-order valence-corrected chi connectivity index (χ0v) is 13.2. The Morgan fingerprint density at radius 1 is 0.955 bits per heavy atom. The van der Waals surface area contributed by atoms with Crippen LogP contribution in [-0.2, 0) is 6.42 Å². The SMILES string of the molecule is CC1=CC(c2ccccc2CC=Nc2ccccc2)C(C)=C1. The Morgan fingerprint density at radius 2 is 1.68 bits per heavy atom. The molecule has 1 unspecified atom stereocenters. The fourth-order valence-corrected chi connectivity index (χ4v) is 3.01. The Bertz CT molecular complexity index is 736. The molecule has 0 amide bonds. The van der Waals surface area contributed by atoms with Gasteiger partial charge in [0.2, 0.25) is 0 Å². The maximum absolute atomic E-state index is 4.55. The van der Waals surface area contributed by atoms with E-state index in [4.69, 9.17) is 0 Å². The number of allylic oxidation sites excluding steroid dienone is 4. The summed E-state index contributed by atoms with van der Waals surface area (Å²) in [6.45, 7) is 4.38. The quantitative estimate of drug-likeness (QED) is 0.647. The predicted octanol–water partition coefficient (Wildman–Crippen LogP) is 5.62. The lowest BCUT2D eigenvalue weighted by Crippen LogP contribution is -2.00. The molecule has 0 aromatic heterocycles. The summed E-state index contributed by atoms with van der Waals surface area (Å²) in [5, 5.41) is 0. The van der Waals surface area contributed by atoms with Gasteiger partial charge >= 0.3 is 0 Å². The summed E-state index contributed by atoms with van der Waals surface area (Å²) in [4.78, 5) is 4.55. The third-order valence-corrected chi connectivity index (χ3v) is 4.07. The molecule has 0 aliphatic heterocycles. The second-order valence-electron chi connectivity index (χ2n) is 5.83. The minimum absolute atomic E-state index is 0.418. The van der Waals surface area contributed by atoms with Crippen molar-refractivity contribution in [2.24, 2.45) is 4.99 Å². The zero-order valence-electron chi connectivity index (χ0n) is 13.2. The lowest BCUT2D eigenvalue weighted by atomic mass is 9.90. The van der Waals surface area contributed by atoms with Gasteiger partial charge in [0.05, 0.1) is 5.69 Å². The minimum Gasteiger partial charge on any atom is -0.261 e. The molecule has 0 saturated heterocycles. The summed E-state index contributed by atoms with van der Waals surface area (Å²) in [6.07, 6.45) is 7.50. The van der Waals surface area contributed by atoms with Crippen LogP contribution in [0.5, 0.6) is 0 Å². The number of benzene rings is 2. The number of hydrogen-bond acceptors (Lipinski definition) is 1. The van der Waals surface area contributed by atoms with Gasteiger partial charge in [-0.25, -0.2) is 0 Å². The predicted molar refractivity (Wildman–Crippen MR) is 95.0 cm³/mol. The Balaban J connectivity index is 1.81. The molecule has 110 valence electrons. The second-order valence-corrected chi connectivity index (χ2v) is 5.83. The highest BCUT2D eigenvalue weighted by Gasteiger charge is 2.18. The highest BCUT2D eigenvalue weighted by Crippen LogP contribution is 2.34. The highest BCUT2D eigenvalue weighted by atomic mass is 14.7. The maximum Gasteiger partial charge on any atom is 0.0625 e. The van der Waals surface area contributed by atoms with Crippen molar-refractivity contribution < 1.29 is 0 Å². The van der Waals surface area contributed by atoms with E-state index in [0.29, 0.717) is 5.92 Å². The largest absolute Gasteiger partial charge is 0.261 e. The molecule has 1 nitrogen and oxygen atoms in total. The van der Waals surface area contributed by atoms with E-state index in [1.807, 2.05) is 36.5 Å². The van der Waals surface area contributed by atoms with Gasteiger partial charge < -0.3 is 0 Å². The lowest BCUT2D eigenvalue weighted by Gasteiger charge is -2.15. The van der Waals surface area contributed by atoms with E-state index in [2.05, 4.69) is 55.3 Å². The van der Waals surface area contributed by atoms with Gasteiger partial charge in [-0.05, 0) is 37.1 Å². The monoisotopic (exact) mass is 287 g/mol. The molecule has 22 heavy (non-hydrogen) atoms. The lowest BCUT2D eigenvalue weighted by molar-refractivity contribution is 0.987. The van der Waals surface area contributed by atoms with E-state index in [1.54, 1.807) is 0 Å². The standard InChI is InChI=1S/C21H21N/c1-16-14-17(2)21(15-16)20-11-7-6-8-18(20)12-13-22-19-9-4-3-5-10-19/h3-11,13-15,21H,12H2,1-2H3. The number of para-hydroxylation sites is 1. The van der Waals surface area contributed by atoms with Gasteiger partial charge in [-0.2, -0.15) is 0 Å². The molecule has 1 aliphatic rings. The van der Waals surface area contributed by atoms with Gasteiger partial charge in [0, 0.05) is 18.6 Å². The van der Waals surface area contributed by atoms with Gasteiger partial charge in [0.1, 0.15) is 0 Å². The van der Waals surface area contributed by atoms with Gasteiger partial charge in [-0.15, -0.1) is 0 Å². The van der Waals surface area contributed by atoms with Gasteiger partial charge in [-0.1, -0.05) is 65.8 Å². The molecule has 0 saturated carbocycles. The first-order valence-electron chi connectivity index (χ1n) is 7.76. The van der Waals surface area contributed by atoms with Crippen LogP contribution in [0.3, 0.4) is 0 Å². The molecule has 1 atom stereocenters. The van der Waals surface area contributed by atoms with Gasteiger partial charge in [0.25, 0.3) is 0 Å². The van der Waals surface area contributed by atoms with E-state index in [0.717, 1.165) is 12.1 Å². The highest BCUT2D eigenvalue weighted by molar-refractivity contribution is 5.67. The van der Waals surface area contributed by atoms with Crippen LogP contribution in [0, 0.1) is 0 Å². The van der Waals surface area contributed by atoms with Crippen molar-refractivity contribution in [1.29, 1.82) is 0 Å². The first-order valence-corrected chi connectivity index (χ1v) is 7.76. The average Bonchev–Trinajstić information content (AvgIpc) is 2.87. The van der Waals surface area contributed by atoms with Crippen molar-refractivity contribution in [2.75, 3.05) is 0 Å². The third kappa shape index (κ3) is 3.25. The summed E-state index contributed by atoms with van der Waals surface area (Å²) < 4.78 is 0. The number of hydrogen-bond donors (Lipinski definition) is 0. The van der Waals surface area contributed by atoms with E-state index >= 15 is 0 Å². The fraction of sp³-hybridized carbons (Fsp3) is 0.190. The Kier molecular flexibility index (Phi) is 4.34. The third-order valence-electron chi connectivity index (χ3n) is 4.07. The van der Waals surface area contributed by atoms with Crippen LogP contribution < -0.4 is 0 Å². The Morgan fingerprint density at radius 3 is 2.41 bits per heavy atom. The molecule has 1 heteroatoms. The van der Waals surface area contributed by atoms with Crippen LogP contribution in [0.2, 0.25) is 0 Å². The van der Waals surface area contributed by atoms with Crippen molar-refractivity contribution in [3.63, 3.8) is 0 Å². The Labute approximate surface area is 132 Å². The summed E-state index contributed by atoms with van der Waals surface area (Å²) >= 11 is 0. The fourth-order valence-electron chi connectivity index (χ4n) is 3.01. The van der Waals surface area contributed by atoms with Crippen LogP contribution in [0.15, 0.2) is 82.9 Å². The smallest absolute Gasteiger partial charge is 0.0625 e. The average molecular weight is 287 g/mol. The molecular formula is C21H21N. The van der Waals surface area contributed by atoms with Crippen LogP contribution in [0.25, 0.3) is 0 Å². The molecule has 0 bridgehead atoms. The van der Waals surface area contributed by atoms with Crippen molar-refractivity contribution in [1.82, 2.24) is 0 Å². The van der Waals surface area contributed by atoms with Gasteiger partial charge in [0.15, 0.2) is 0 Å². The molecule has 0 heterocycles. The van der Waals surface area contributed by atoms with Crippen LogP contribution in [0.4, 0.5) is 5.69 Å². The number of nitrogens with zero attached hydrogens (tertiary/aromatic N) is 1. The summed E-state index contributed by atoms with van der Waals surface area (Å²) in [5.41, 5.74) is 6.53. The molecule has 0 fully saturated rings. The molecular weight excluding hydrogens is 266 g/mol. The molecule has 2 aromatic rings. The van der Waals surface area contributed by atoms with E-state index < -0.39 is 0 Å². The topological polar surface area (TPSA) is 12.4 Å². The first kappa shape index (κ1) is 14.5.